The molecule has 4 rings (SSSR count). The highest BCUT2D eigenvalue weighted by atomic mass is 32.1. The number of imide groups is 1. The molecule has 9 nitrogen and oxygen atoms in total. The molecule has 2 aliphatic rings. The lowest BCUT2D eigenvalue weighted by molar-refractivity contribution is -0.151. The van der Waals surface area contributed by atoms with E-state index in [0.717, 1.165) is 34.6 Å². The van der Waals surface area contributed by atoms with Crippen LogP contribution in [0, 0.1) is 11.8 Å². The van der Waals surface area contributed by atoms with Crippen molar-refractivity contribution in [1.29, 1.82) is 0 Å². The molecule has 0 unspecified atom stereocenters. The average molecular weight is 541 g/mol. The number of esters is 2. The van der Waals surface area contributed by atoms with Crippen LogP contribution >= 0.6 is 11.3 Å². The molecule has 0 spiro atoms. The normalized spacial score (nSPS) is 17.2. The van der Waals surface area contributed by atoms with E-state index >= 15 is 0 Å². The van der Waals surface area contributed by atoms with Crippen LogP contribution in [0.15, 0.2) is 24.3 Å². The standard InChI is InChI=1S/C28H32N2O7S/c1-5-36-28(35)23-19-11-10-16(4)13-21(19)38-24(23)29-22(31)14-37-27(34)20(12-15(2)3)30-25(32)17-8-6-7-9-18(17)26(30)33/h6-9,15-16,20H,5,10-14H2,1-4H3,(H,29,31)/t16-,20+/m1/s1. The average Bonchev–Trinajstić information content (AvgIpc) is 3.34. The van der Waals surface area contributed by atoms with Gasteiger partial charge < -0.3 is 14.8 Å². The first-order valence-electron chi connectivity index (χ1n) is 12.9. The number of ether oxygens (including phenoxy) is 2. The number of rotatable bonds is 9. The molecule has 0 radical (unpaired) electrons. The summed E-state index contributed by atoms with van der Waals surface area (Å²) in [6, 6.07) is 5.23. The van der Waals surface area contributed by atoms with Crippen LogP contribution in [0.3, 0.4) is 0 Å². The van der Waals surface area contributed by atoms with Gasteiger partial charge in [0.2, 0.25) is 0 Å². The van der Waals surface area contributed by atoms with Gasteiger partial charge in [-0.2, -0.15) is 0 Å². The van der Waals surface area contributed by atoms with Crippen molar-refractivity contribution in [2.24, 2.45) is 11.8 Å². The molecule has 1 aromatic heterocycles. The van der Waals surface area contributed by atoms with Gasteiger partial charge in [-0.25, -0.2) is 9.59 Å². The summed E-state index contributed by atoms with van der Waals surface area (Å²) >= 11 is 1.34. The molecular weight excluding hydrogens is 508 g/mol. The van der Waals surface area contributed by atoms with Crippen molar-refractivity contribution in [1.82, 2.24) is 4.90 Å². The topological polar surface area (TPSA) is 119 Å². The zero-order valence-electron chi connectivity index (χ0n) is 22.0. The second-order valence-electron chi connectivity index (χ2n) is 10.1. The Labute approximate surface area is 225 Å². The first kappa shape index (κ1) is 27.5. The van der Waals surface area contributed by atoms with Crippen molar-refractivity contribution in [2.75, 3.05) is 18.5 Å². The Morgan fingerprint density at radius 1 is 1.11 bits per heavy atom. The van der Waals surface area contributed by atoms with Crippen molar-refractivity contribution in [3.05, 3.63) is 51.4 Å². The van der Waals surface area contributed by atoms with Gasteiger partial charge in [-0.05, 0) is 62.1 Å². The molecule has 3 amide bonds. The molecule has 0 saturated carbocycles. The molecule has 0 saturated heterocycles. The van der Waals surface area contributed by atoms with E-state index in [2.05, 4.69) is 12.2 Å². The van der Waals surface area contributed by atoms with E-state index < -0.39 is 42.3 Å². The van der Waals surface area contributed by atoms with Gasteiger partial charge in [-0.1, -0.05) is 32.9 Å². The lowest BCUT2D eigenvalue weighted by Gasteiger charge is -2.25. The predicted molar refractivity (Wildman–Crippen MR) is 141 cm³/mol. The van der Waals surface area contributed by atoms with Crippen LogP contribution in [0.4, 0.5) is 5.00 Å². The summed E-state index contributed by atoms with van der Waals surface area (Å²) < 4.78 is 10.5. The monoisotopic (exact) mass is 540 g/mol. The Hall–Kier alpha value is -3.53. The maximum Gasteiger partial charge on any atom is 0.341 e. The van der Waals surface area contributed by atoms with E-state index in [1.807, 2.05) is 13.8 Å². The molecule has 1 aromatic carbocycles. The molecular formula is C28H32N2O7S. The zero-order chi connectivity index (χ0) is 27.6. The van der Waals surface area contributed by atoms with Gasteiger partial charge in [0.1, 0.15) is 11.0 Å². The summed E-state index contributed by atoms with van der Waals surface area (Å²) in [4.78, 5) is 66.5. The van der Waals surface area contributed by atoms with E-state index in [4.69, 9.17) is 9.47 Å². The molecule has 0 fully saturated rings. The van der Waals surface area contributed by atoms with Crippen molar-refractivity contribution < 1.29 is 33.4 Å². The van der Waals surface area contributed by atoms with Crippen molar-refractivity contribution in [3.8, 4) is 0 Å². The van der Waals surface area contributed by atoms with Gasteiger partial charge >= 0.3 is 11.9 Å². The third kappa shape index (κ3) is 5.50. The van der Waals surface area contributed by atoms with E-state index in [1.54, 1.807) is 31.2 Å². The molecule has 1 aliphatic carbocycles. The largest absolute Gasteiger partial charge is 0.462 e. The maximum atomic E-state index is 13.1. The van der Waals surface area contributed by atoms with Gasteiger partial charge in [0.15, 0.2) is 6.61 Å². The number of hydrogen-bond acceptors (Lipinski definition) is 8. The minimum Gasteiger partial charge on any atom is -0.462 e. The number of carbonyl (C=O) groups excluding carboxylic acids is 5. The van der Waals surface area contributed by atoms with Crippen LogP contribution in [0.2, 0.25) is 0 Å². The van der Waals surface area contributed by atoms with Crippen LogP contribution in [0.1, 0.15) is 82.1 Å². The summed E-state index contributed by atoms with van der Waals surface area (Å²) in [5.74, 6) is -2.63. The molecule has 1 N–H and O–H groups in total. The lowest BCUT2D eigenvalue weighted by Crippen LogP contribution is -2.46. The highest BCUT2D eigenvalue weighted by Gasteiger charge is 2.43. The van der Waals surface area contributed by atoms with E-state index in [9.17, 15) is 24.0 Å². The van der Waals surface area contributed by atoms with E-state index in [0.29, 0.717) is 16.5 Å². The predicted octanol–water partition coefficient (Wildman–Crippen LogP) is 4.24. The number of hydrogen-bond donors (Lipinski definition) is 1. The minimum atomic E-state index is -1.17. The van der Waals surface area contributed by atoms with Crippen LogP contribution in [0.25, 0.3) is 0 Å². The first-order chi connectivity index (χ1) is 18.1. The molecule has 1 aliphatic heterocycles. The molecule has 2 aromatic rings. The number of amides is 3. The van der Waals surface area contributed by atoms with Crippen molar-refractivity contribution >= 4 is 46.0 Å². The summed E-state index contributed by atoms with van der Waals surface area (Å²) in [5, 5.41) is 3.09. The summed E-state index contributed by atoms with van der Waals surface area (Å²) in [7, 11) is 0. The molecule has 10 heteroatoms. The van der Waals surface area contributed by atoms with Crippen LogP contribution < -0.4 is 5.32 Å². The van der Waals surface area contributed by atoms with Gasteiger partial charge in [-0.15, -0.1) is 11.3 Å². The second kappa shape index (κ2) is 11.5. The molecule has 2 atom stereocenters. The smallest absolute Gasteiger partial charge is 0.341 e. The van der Waals surface area contributed by atoms with Crippen LogP contribution in [-0.2, 0) is 31.9 Å². The number of nitrogens with one attached hydrogen (secondary N) is 1. The summed E-state index contributed by atoms with van der Waals surface area (Å²) in [5.41, 5.74) is 1.74. The molecule has 38 heavy (non-hydrogen) atoms. The number of thiophene rings is 1. The fourth-order valence-electron chi connectivity index (χ4n) is 4.90. The Kier molecular flexibility index (Phi) is 8.30. The molecule has 0 bridgehead atoms. The van der Waals surface area contributed by atoms with Gasteiger partial charge in [0.25, 0.3) is 17.7 Å². The quantitative estimate of drug-likeness (QED) is 0.373. The Morgan fingerprint density at radius 3 is 2.37 bits per heavy atom. The summed E-state index contributed by atoms with van der Waals surface area (Å²) in [6.07, 6.45) is 2.67. The fraction of sp³-hybridized carbons (Fsp3) is 0.464. The number of nitrogens with zero attached hydrogens (tertiary/aromatic N) is 1. The first-order valence-corrected chi connectivity index (χ1v) is 13.7. The molecule has 202 valence electrons. The summed E-state index contributed by atoms with van der Waals surface area (Å²) in [6.45, 7) is 7.17. The van der Waals surface area contributed by atoms with Crippen LogP contribution in [-0.4, -0.2) is 53.8 Å². The van der Waals surface area contributed by atoms with Crippen molar-refractivity contribution in [3.63, 3.8) is 0 Å². The highest BCUT2D eigenvalue weighted by Crippen LogP contribution is 2.40. The van der Waals surface area contributed by atoms with Gasteiger partial charge in [0, 0.05) is 4.88 Å². The number of carbonyl (C=O) groups is 5. The number of benzene rings is 1. The Balaban J connectivity index is 1.47. The van der Waals surface area contributed by atoms with Crippen LogP contribution in [0.5, 0.6) is 0 Å². The lowest BCUT2D eigenvalue weighted by atomic mass is 9.88. The van der Waals surface area contributed by atoms with E-state index in [1.165, 1.54) is 11.3 Å². The third-order valence-electron chi connectivity index (χ3n) is 6.69. The van der Waals surface area contributed by atoms with Gasteiger partial charge in [-0.3, -0.25) is 19.3 Å². The van der Waals surface area contributed by atoms with Gasteiger partial charge in [0.05, 0.1) is 23.3 Å². The van der Waals surface area contributed by atoms with E-state index in [-0.39, 0.29) is 30.1 Å². The number of anilines is 1. The maximum absolute atomic E-state index is 13.1. The Morgan fingerprint density at radius 2 is 1.76 bits per heavy atom. The fourth-order valence-corrected chi connectivity index (χ4v) is 6.31. The zero-order valence-corrected chi connectivity index (χ0v) is 22.8. The minimum absolute atomic E-state index is 0.0299. The third-order valence-corrected chi connectivity index (χ3v) is 7.86. The Bertz CT molecular complexity index is 1250. The molecule has 2 heterocycles. The number of fused-ring (bicyclic) bond motifs is 2. The SMILES string of the molecule is CCOC(=O)c1c(NC(=O)COC(=O)[C@H](CC(C)C)N2C(=O)c3ccccc3C2=O)sc2c1CC[C@@H](C)C2. The van der Waals surface area contributed by atoms with Crippen molar-refractivity contribution in [2.45, 2.75) is 59.4 Å². The second-order valence-corrected chi connectivity index (χ2v) is 11.2. The highest BCUT2D eigenvalue weighted by molar-refractivity contribution is 7.17.